The number of carbonyl (C=O) groups excluding carboxylic acids is 2. The maximum atomic E-state index is 12.6. The third kappa shape index (κ3) is 4.04. The van der Waals surface area contributed by atoms with Crippen LogP contribution >= 0.6 is 0 Å². The minimum atomic E-state index is -0.238. The number of hydrogen-bond acceptors (Lipinski definition) is 4. The minimum Gasteiger partial charge on any atom is -0.320 e. The predicted molar refractivity (Wildman–Crippen MR) is 82.9 cm³/mol. The van der Waals surface area contributed by atoms with Crippen LogP contribution in [0.5, 0.6) is 0 Å². The van der Waals surface area contributed by atoms with E-state index in [1.165, 1.54) is 12.8 Å². The molecule has 1 aliphatic heterocycles. The maximum Gasteiger partial charge on any atom is 0.247 e. The SMILES string of the molecule is CNCCCN(C)C1CC(=O)N(C2CCCCCC2)C1=O. The lowest BCUT2D eigenvalue weighted by Crippen LogP contribution is -2.44. The molecule has 1 aliphatic carbocycles. The van der Waals surface area contributed by atoms with Crippen LogP contribution in [0.2, 0.25) is 0 Å². The molecule has 0 aromatic rings. The summed E-state index contributed by atoms with van der Waals surface area (Å²) < 4.78 is 0. The number of imide groups is 1. The van der Waals surface area contributed by atoms with Gasteiger partial charge < -0.3 is 5.32 Å². The molecular weight excluding hydrogens is 266 g/mol. The van der Waals surface area contributed by atoms with Crippen LogP contribution in [0.1, 0.15) is 51.4 Å². The van der Waals surface area contributed by atoms with Crippen LogP contribution in [0.4, 0.5) is 0 Å². The fourth-order valence-electron chi connectivity index (χ4n) is 3.54. The van der Waals surface area contributed by atoms with Crippen LogP contribution in [-0.2, 0) is 9.59 Å². The minimum absolute atomic E-state index is 0.0392. The Labute approximate surface area is 128 Å². The number of rotatable bonds is 6. The lowest BCUT2D eigenvalue weighted by Gasteiger charge is -2.27. The molecule has 0 bridgehead atoms. The van der Waals surface area contributed by atoms with Gasteiger partial charge in [-0.15, -0.1) is 0 Å². The number of nitrogens with one attached hydrogen (secondary N) is 1. The second-order valence-electron chi connectivity index (χ2n) is 6.41. The summed E-state index contributed by atoms with van der Waals surface area (Å²) in [6, 6.07) is -0.0826. The van der Waals surface area contributed by atoms with Crippen LogP contribution in [-0.4, -0.2) is 60.9 Å². The highest BCUT2D eigenvalue weighted by Gasteiger charge is 2.43. The first-order chi connectivity index (χ1) is 10.1. The van der Waals surface area contributed by atoms with Gasteiger partial charge in [0.2, 0.25) is 11.8 Å². The second kappa shape index (κ2) is 7.90. The summed E-state index contributed by atoms with van der Waals surface area (Å²) in [5, 5.41) is 3.11. The summed E-state index contributed by atoms with van der Waals surface area (Å²) in [5.41, 5.74) is 0. The van der Waals surface area contributed by atoms with Crippen molar-refractivity contribution in [3.05, 3.63) is 0 Å². The highest BCUT2D eigenvalue weighted by Crippen LogP contribution is 2.28. The molecule has 1 atom stereocenters. The fraction of sp³-hybridized carbons (Fsp3) is 0.875. The van der Waals surface area contributed by atoms with E-state index in [-0.39, 0.29) is 23.9 Å². The maximum absolute atomic E-state index is 12.6. The normalized spacial score (nSPS) is 24.9. The standard InChI is InChI=1S/C16H29N3O2/c1-17-10-7-11-18(2)14-12-15(20)19(16(14)21)13-8-5-3-4-6-9-13/h13-14,17H,3-12H2,1-2H3. The van der Waals surface area contributed by atoms with E-state index in [2.05, 4.69) is 5.32 Å². The van der Waals surface area contributed by atoms with E-state index in [1.807, 2.05) is 19.0 Å². The topological polar surface area (TPSA) is 52.7 Å². The zero-order valence-electron chi connectivity index (χ0n) is 13.4. The number of nitrogens with zero attached hydrogens (tertiary/aromatic N) is 2. The molecule has 1 saturated heterocycles. The molecule has 1 heterocycles. The highest BCUT2D eigenvalue weighted by atomic mass is 16.2. The van der Waals surface area contributed by atoms with E-state index in [9.17, 15) is 9.59 Å². The van der Waals surface area contributed by atoms with Crippen molar-refractivity contribution in [3.63, 3.8) is 0 Å². The van der Waals surface area contributed by atoms with E-state index in [1.54, 1.807) is 4.90 Å². The summed E-state index contributed by atoms with van der Waals surface area (Å²) in [7, 11) is 3.89. The molecule has 0 aromatic heterocycles. The van der Waals surface area contributed by atoms with E-state index in [0.717, 1.165) is 45.2 Å². The van der Waals surface area contributed by atoms with Crippen LogP contribution in [0, 0.1) is 0 Å². The number of amides is 2. The van der Waals surface area contributed by atoms with Crippen molar-refractivity contribution in [3.8, 4) is 0 Å². The van der Waals surface area contributed by atoms with Crippen LogP contribution in [0.3, 0.4) is 0 Å². The predicted octanol–water partition coefficient (Wildman–Crippen LogP) is 1.38. The number of likely N-dealkylation sites (N-methyl/N-ethyl adjacent to an activating group) is 1. The Hall–Kier alpha value is -0.940. The first-order valence-corrected chi connectivity index (χ1v) is 8.36. The van der Waals surface area contributed by atoms with Crippen molar-refractivity contribution in [2.24, 2.45) is 0 Å². The lowest BCUT2D eigenvalue weighted by molar-refractivity contribution is -0.142. The molecule has 1 unspecified atom stereocenters. The van der Waals surface area contributed by atoms with Crippen LogP contribution in [0.25, 0.3) is 0 Å². The molecule has 1 N–H and O–H groups in total. The molecule has 120 valence electrons. The van der Waals surface area contributed by atoms with E-state index >= 15 is 0 Å². The average molecular weight is 295 g/mol. The van der Waals surface area contributed by atoms with Crippen molar-refractivity contribution < 1.29 is 9.59 Å². The van der Waals surface area contributed by atoms with Crippen molar-refractivity contribution >= 4 is 11.8 Å². The molecule has 2 fully saturated rings. The summed E-state index contributed by atoms with van der Waals surface area (Å²) in [6.07, 6.45) is 8.11. The van der Waals surface area contributed by atoms with Gasteiger partial charge in [0.1, 0.15) is 0 Å². The Balaban J connectivity index is 1.95. The monoisotopic (exact) mass is 295 g/mol. The number of hydrogen-bond donors (Lipinski definition) is 1. The van der Waals surface area contributed by atoms with Gasteiger partial charge in [0.05, 0.1) is 12.5 Å². The Morgan fingerprint density at radius 2 is 1.86 bits per heavy atom. The molecule has 2 amide bonds. The van der Waals surface area contributed by atoms with Gasteiger partial charge in [0.25, 0.3) is 0 Å². The largest absolute Gasteiger partial charge is 0.320 e. The van der Waals surface area contributed by atoms with E-state index < -0.39 is 0 Å². The first-order valence-electron chi connectivity index (χ1n) is 8.36. The van der Waals surface area contributed by atoms with Gasteiger partial charge in [-0.2, -0.15) is 0 Å². The third-order valence-electron chi connectivity index (χ3n) is 4.82. The van der Waals surface area contributed by atoms with Crippen molar-refractivity contribution in [1.29, 1.82) is 0 Å². The average Bonchev–Trinajstić information content (AvgIpc) is 2.66. The Bertz CT molecular complexity index is 365. The van der Waals surface area contributed by atoms with Crippen molar-refractivity contribution in [2.45, 2.75) is 63.5 Å². The Kier molecular flexibility index (Phi) is 6.18. The quantitative estimate of drug-likeness (QED) is 0.457. The summed E-state index contributed by atoms with van der Waals surface area (Å²) in [4.78, 5) is 28.6. The summed E-state index contributed by atoms with van der Waals surface area (Å²) >= 11 is 0. The van der Waals surface area contributed by atoms with Crippen LogP contribution < -0.4 is 5.32 Å². The second-order valence-corrected chi connectivity index (χ2v) is 6.41. The number of carbonyl (C=O) groups is 2. The number of likely N-dealkylation sites (tertiary alicyclic amines) is 1. The van der Waals surface area contributed by atoms with Gasteiger partial charge in [0.15, 0.2) is 0 Å². The molecule has 0 radical (unpaired) electrons. The van der Waals surface area contributed by atoms with E-state index in [0.29, 0.717) is 6.42 Å². The fourth-order valence-corrected chi connectivity index (χ4v) is 3.54. The van der Waals surface area contributed by atoms with Crippen LogP contribution in [0.15, 0.2) is 0 Å². The molecule has 5 nitrogen and oxygen atoms in total. The summed E-state index contributed by atoms with van der Waals surface area (Å²) in [6.45, 7) is 1.79. The first kappa shape index (κ1) is 16.4. The van der Waals surface area contributed by atoms with Crippen molar-refractivity contribution in [1.82, 2.24) is 15.1 Å². The zero-order chi connectivity index (χ0) is 15.2. The zero-order valence-corrected chi connectivity index (χ0v) is 13.4. The van der Waals surface area contributed by atoms with Gasteiger partial charge in [-0.25, -0.2) is 0 Å². The van der Waals surface area contributed by atoms with Gasteiger partial charge in [-0.1, -0.05) is 25.7 Å². The highest BCUT2D eigenvalue weighted by molar-refractivity contribution is 6.05. The third-order valence-corrected chi connectivity index (χ3v) is 4.82. The van der Waals surface area contributed by atoms with Gasteiger partial charge in [-0.05, 0) is 46.4 Å². The molecular formula is C16H29N3O2. The molecule has 2 rings (SSSR count). The molecule has 0 aromatic carbocycles. The molecule has 5 heteroatoms. The Morgan fingerprint density at radius 3 is 2.48 bits per heavy atom. The molecule has 1 saturated carbocycles. The lowest BCUT2D eigenvalue weighted by atomic mass is 10.1. The van der Waals surface area contributed by atoms with Crippen molar-refractivity contribution in [2.75, 3.05) is 27.2 Å². The molecule has 21 heavy (non-hydrogen) atoms. The smallest absolute Gasteiger partial charge is 0.247 e. The Morgan fingerprint density at radius 1 is 1.19 bits per heavy atom. The molecule has 2 aliphatic rings. The van der Waals surface area contributed by atoms with E-state index in [4.69, 9.17) is 0 Å². The van der Waals surface area contributed by atoms with Gasteiger partial charge in [0, 0.05) is 6.04 Å². The summed E-state index contributed by atoms with van der Waals surface area (Å²) in [5.74, 6) is 0.0798. The van der Waals surface area contributed by atoms with Gasteiger partial charge >= 0.3 is 0 Å². The molecule has 0 spiro atoms. The van der Waals surface area contributed by atoms with Gasteiger partial charge in [-0.3, -0.25) is 19.4 Å².